The predicted octanol–water partition coefficient (Wildman–Crippen LogP) is 3.16. The van der Waals surface area contributed by atoms with E-state index >= 15 is 0 Å². The third-order valence-corrected chi connectivity index (χ3v) is 3.87. The van der Waals surface area contributed by atoms with Gasteiger partial charge in [0.2, 0.25) is 5.76 Å². The lowest BCUT2D eigenvalue weighted by molar-refractivity contribution is -0.141. The summed E-state index contributed by atoms with van der Waals surface area (Å²) in [6, 6.07) is 9.59. The maximum absolute atomic E-state index is 12.7. The molecule has 1 aromatic heterocycles. The largest absolute Gasteiger partial charge is 0.438 e. The van der Waals surface area contributed by atoms with Crippen LogP contribution in [0.4, 0.5) is 13.2 Å². The predicted molar refractivity (Wildman–Crippen MR) is 71.2 cm³/mol. The van der Waals surface area contributed by atoms with Crippen molar-refractivity contribution in [1.29, 1.82) is 0 Å². The van der Waals surface area contributed by atoms with E-state index in [-0.39, 0.29) is 12.0 Å². The lowest BCUT2D eigenvalue weighted by Gasteiger charge is -2.16. The molecule has 0 bridgehead atoms. The molecule has 22 heavy (non-hydrogen) atoms. The fourth-order valence-corrected chi connectivity index (χ4v) is 2.45. The van der Waals surface area contributed by atoms with Crippen molar-refractivity contribution in [2.45, 2.75) is 24.4 Å². The molecular weight excluding hydrogens is 297 g/mol. The maximum atomic E-state index is 12.7. The molecule has 1 aliphatic rings. The van der Waals surface area contributed by atoms with Gasteiger partial charge < -0.3 is 9.73 Å². The first-order chi connectivity index (χ1) is 10.4. The topological polar surface area (TPSA) is 55.1 Å². The molecule has 1 aliphatic carbocycles. The highest BCUT2D eigenvalue weighted by molar-refractivity contribution is 5.92. The van der Waals surface area contributed by atoms with Crippen LogP contribution in [0, 0.1) is 0 Å². The Balaban J connectivity index is 1.70. The van der Waals surface area contributed by atoms with Gasteiger partial charge in [0.15, 0.2) is 12.1 Å². The molecular formula is C15H13F3N2O2. The number of oxazole rings is 1. The highest BCUT2D eigenvalue weighted by atomic mass is 19.4. The lowest BCUT2D eigenvalue weighted by Crippen LogP contribution is -2.33. The number of hydrogen-bond acceptors (Lipinski definition) is 3. The Morgan fingerprint density at radius 2 is 1.95 bits per heavy atom. The van der Waals surface area contributed by atoms with Crippen molar-refractivity contribution >= 4 is 5.91 Å². The van der Waals surface area contributed by atoms with E-state index in [1.54, 1.807) is 0 Å². The van der Waals surface area contributed by atoms with Crippen LogP contribution in [0.25, 0.3) is 0 Å². The highest BCUT2D eigenvalue weighted by Gasteiger charge is 2.45. The second kappa shape index (κ2) is 5.15. The Morgan fingerprint density at radius 1 is 1.27 bits per heavy atom. The summed E-state index contributed by atoms with van der Waals surface area (Å²) < 4.78 is 42.7. The molecule has 1 saturated carbocycles. The molecule has 4 nitrogen and oxygen atoms in total. The Labute approximate surface area is 124 Å². The van der Waals surface area contributed by atoms with Crippen LogP contribution in [0.15, 0.2) is 41.1 Å². The van der Waals surface area contributed by atoms with Crippen molar-refractivity contribution in [1.82, 2.24) is 10.3 Å². The van der Waals surface area contributed by atoms with Crippen molar-refractivity contribution in [2.75, 3.05) is 6.54 Å². The van der Waals surface area contributed by atoms with Crippen molar-refractivity contribution in [3.8, 4) is 0 Å². The zero-order valence-corrected chi connectivity index (χ0v) is 11.5. The molecule has 1 heterocycles. The Morgan fingerprint density at radius 3 is 2.55 bits per heavy atom. The minimum absolute atomic E-state index is 0.185. The van der Waals surface area contributed by atoms with Crippen LogP contribution < -0.4 is 5.32 Å². The summed E-state index contributed by atoms with van der Waals surface area (Å²) in [5, 5.41) is 2.53. The Kier molecular flexibility index (Phi) is 3.42. The van der Waals surface area contributed by atoms with Crippen molar-refractivity contribution in [2.24, 2.45) is 0 Å². The van der Waals surface area contributed by atoms with E-state index in [1.165, 1.54) is 0 Å². The van der Waals surface area contributed by atoms with E-state index in [4.69, 9.17) is 0 Å². The van der Waals surface area contributed by atoms with Gasteiger partial charge in [-0.05, 0) is 18.4 Å². The van der Waals surface area contributed by atoms with Crippen LogP contribution in [-0.4, -0.2) is 17.4 Å². The zero-order chi connectivity index (χ0) is 15.8. The standard InChI is InChI=1S/C15H13F3N2O2/c16-15(17,18)12-11(22-9-20-12)13(21)19-8-14(6-7-14)10-4-2-1-3-5-10/h1-5,9H,6-8H2,(H,19,21). The molecule has 1 N–H and O–H groups in total. The van der Waals surface area contributed by atoms with E-state index in [2.05, 4.69) is 14.7 Å². The molecule has 1 fully saturated rings. The third kappa shape index (κ3) is 2.70. The molecule has 1 aromatic carbocycles. The second-order valence-corrected chi connectivity index (χ2v) is 5.36. The molecule has 0 aliphatic heterocycles. The summed E-state index contributed by atoms with van der Waals surface area (Å²) in [6.07, 6.45) is -2.31. The number of alkyl halides is 3. The summed E-state index contributed by atoms with van der Waals surface area (Å²) >= 11 is 0. The Bertz CT molecular complexity index is 676. The van der Waals surface area contributed by atoms with E-state index in [9.17, 15) is 18.0 Å². The van der Waals surface area contributed by atoms with Crippen LogP contribution in [0.5, 0.6) is 0 Å². The fourth-order valence-electron chi connectivity index (χ4n) is 2.45. The fraction of sp³-hybridized carbons (Fsp3) is 0.333. The van der Waals surface area contributed by atoms with Gasteiger partial charge in [-0.15, -0.1) is 0 Å². The van der Waals surface area contributed by atoms with Crippen molar-refractivity contribution in [3.05, 3.63) is 53.7 Å². The third-order valence-electron chi connectivity index (χ3n) is 3.87. The van der Waals surface area contributed by atoms with Crippen LogP contribution in [0.3, 0.4) is 0 Å². The van der Waals surface area contributed by atoms with Gasteiger partial charge in [0.25, 0.3) is 5.91 Å². The number of amides is 1. The number of nitrogens with one attached hydrogen (secondary N) is 1. The molecule has 0 unspecified atom stereocenters. The Hall–Kier alpha value is -2.31. The average Bonchev–Trinajstić information content (AvgIpc) is 3.10. The quantitative estimate of drug-likeness (QED) is 0.944. The van der Waals surface area contributed by atoms with Gasteiger partial charge in [0.1, 0.15) is 0 Å². The molecule has 0 saturated heterocycles. The SMILES string of the molecule is O=C(NCC1(c2ccccc2)CC1)c1ocnc1C(F)(F)F. The first-order valence-electron chi connectivity index (χ1n) is 6.77. The second-order valence-electron chi connectivity index (χ2n) is 5.36. The summed E-state index contributed by atoms with van der Waals surface area (Å²) in [5.41, 5.74) is -0.409. The van der Waals surface area contributed by atoms with E-state index in [0.29, 0.717) is 6.39 Å². The summed E-state index contributed by atoms with van der Waals surface area (Å²) in [4.78, 5) is 15.0. The average molecular weight is 310 g/mol. The molecule has 0 atom stereocenters. The molecule has 3 rings (SSSR count). The number of rotatable bonds is 4. The minimum Gasteiger partial charge on any atom is -0.438 e. The van der Waals surface area contributed by atoms with Crippen LogP contribution in [-0.2, 0) is 11.6 Å². The molecule has 116 valence electrons. The molecule has 2 aromatic rings. The molecule has 0 spiro atoms. The van der Waals surface area contributed by atoms with Gasteiger partial charge in [0.05, 0.1) is 0 Å². The number of halogens is 3. The normalized spacial score (nSPS) is 16.3. The zero-order valence-electron chi connectivity index (χ0n) is 11.5. The maximum Gasteiger partial charge on any atom is 0.437 e. The van der Waals surface area contributed by atoms with Crippen LogP contribution in [0.2, 0.25) is 0 Å². The lowest BCUT2D eigenvalue weighted by atomic mass is 9.96. The summed E-state index contributed by atoms with van der Waals surface area (Å²) in [5.74, 6) is -1.69. The number of hydrogen-bond donors (Lipinski definition) is 1. The molecule has 7 heteroatoms. The number of aromatic nitrogens is 1. The number of carbonyl (C=O) groups excluding carboxylic acids is 1. The van der Waals surface area contributed by atoms with Gasteiger partial charge in [-0.3, -0.25) is 4.79 Å². The van der Waals surface area contributed by atoms with E-state index < -0.39 is 23.5 Å². The number of nitrogens with zero attached hydrogens (tertiary/aromatic N) is 1. The summed E-state index contributed by atoms with van der Waals surface area (Å²) in [6.45, 7) is 0.272. The summed E-state index contributed by atoms with van der Waals surface area (Å²) in [7, 11) is 0. The van der Waals surface area contributed by atoms with Crippen LogP contribution in [0.1, 0.15) is 34.7 Å². The van der Waals surface area contributed by atoms with Gasteiger partial charge in [-0.1, -0.05) is 30.3 Å². The van der Waals surface area contributed by atoms with Gasteiger partial charge in [0, 0.05) is 12.0 Å². The number of carbonyl (C=O) groups is 1. The van der Waals surface area contributed by atoms with Crippen LogP contribution >= 0.6 is 0 Å². The van der Waals surface area contributed by atoms with E-state index in [1.807, 2.05) is 30.3 Å². The first-order valence-corrected chi connectivity index (χ1v) is 6.77. The molecule has 1 amide bonds. The first kappa shape index (κ1) is 14.6. The monoisotopic (exact) mass is 310 g/mol. The van der Waals surface area contributed by atoms with Gasteiger partial charge in [-0.2, -0.15) is 13.2 Å². The minimum atomic E-state index is -4.71. The van der Waals surface area contributed by atoms with Crippen molar-refractivity contribution in [3.63, 3.8) is 0 Å². The molecule has 0 radical (unpaired) electrons. The number of benzene rings is 1. The van der Waals surface area contributed by atoms with E-state index in [0.717, 1.165) is 18.4 Å². The van der Waals surface area contributed by atoms with Crippen molar-refractivity contribution < 1.29 is 22.4 Å². The van der Waals surface area contributed by atoms with Gasteiger partial charge in [-0.25, -0.2) is 4.98 Å². The highest BCUT2D eigenvalue weighted by Crippen LogP contribution is 2.47. The van der Waals surface area contributed by atoms with Gasteiger partial charge >= 0.3 is 6.18 Å². The smallest absolute Gasteiger partial charge is 0.437 e.